The largest absolute Gasteiger partial charge is 0.481 e. The van der Waals surface area contributed by atoms with Gasteiger partial charge in [-0.2, -0.15) is 0 Å². The van der Waals surface area contributed by atoms with E-state index in [1.54, 1.807) is 0 Å². The Hall–Kier alpha value is -0.610. The van der Waals surface area contributed by atoms with Gasteiger partial charge in [-0.15, -0.1) is 0 Å². The molecule has 1 saturated heterocycles. The van der Waals surface area contributed by atoms with Gasteiger partial charge in [0.15, 0.2) is 6.29 Å². The van der Waals surface area contributed by atoms with E-state index in [9.17, 15) is 4.79 Å². The van der Waals surface area contributed by atoms with E-state index >= 15 is 0 Å². The first kappa shape index (κ1) is 17.7. The second-order valence-corrected chi connectivity index (χ2v) is 7.05. The molecule has 128 valence electrons. The van der Waals surface area contributed by atoms with Crippen LogP contribution in [0.25, 0.3) is 0 Å². The van der Waals surface area contributed by atoms with Crippen molar-refractivity contribution in [2.75, 3.05) is 13.2 Å². The summed E-state index contributed by atoms with van der Waals surface area (Å²) in [6, 6.07) is 0. The molecular weight excluding hydrogens is 280 g/mol. The van der Waals surface area contributed by atoms with Gasteiger partial charge in [0, 0.05) is 5.92 Å². The monoisotopic (exact) mass is 312 g/mol. The quantitative estimate of drug-likeness (QED) is 0.682. The summed E-state index contributed by atoms with van der Waals surface area (Å²) < 4.78 is 11.3. The molecule has 0 aromatic rings. The van der Waals surface area contributed by atoms with E-state index in [4.69, 9.17) is 14.6 Å². The summed E-state index contributed by atoms with van der Waals surface area (Å²) in [6.45, 7) is 2.87. The zero-order chi connectivity index (χ0) is 15.8. The van der Waals surface area contributed by atoms with Gasteiger partial charge in [0.1, 0.15) is 5.92 Å². The van der Waals surface area contributed by atoms with Crippen molar-refractivity contribution in [2.24, 2.45) is 17.8 Å². The van der Waals surface area contributed by atoms with E-state index in [-0.39, 0.29) is 6.29 Å². The van der Waals surface area contributed by atoms with E-state index in [0.717, 1.165) is 5.92 Å². The topological polar surface area (TPSA) is 55.8 Å². The molecule has 1 aliphatic carbocycles. The first-order chi connectivity index (χ1) is 10.7. The Kier molecular flexibility index (Phi) is 7.67. The summed E-state index contributed by atoms with van der Waals surface area (Å²) in [7, 11) is 0. The van der Waals surface area contributed by atoms with Crippen LogP contribution in [-0.4, -0.2) is 30.6 Å². The van der Waals surface area contributed by atoms with Gasteiger partial charge in [-0.3, -0.25) is 4.79 Å². The predicted molar refractivity (Wildman–Crippen MR) is 85.6 cm³/mol. The average Bonchev–Trinajstić information content (AvgIpc) is 2.55. The molecule has 0 unspecified atom stereocenters. The van der Waals surface area contributed by atoms with Gasteiger partial charge >= 0.3 is 5.97 Å². The van der Waals surface area contributed by atoms with Gasteiger partial charge in [0.25, 0.3) is 0 Å². The van der Waals surface area contributed by atoms with Crippen LogP contribution in [0.2, 0.25) is 0 Å². The number of hydrogen-bond acceptors (Lipinski definition) is 3. The fourth-order valence-corrected chi connectivity index (χ4v) is 3.72. The van der Waals surface area contributed by atoms with Crippen LogP contribution in [0.4, 0.5) is 0 Å². The third-order valence-corrected chi connectivity index (χ3v) is 5.26. The summed E-state index contributed by atoms with van der Waals surface area (Å²) in [6.07, 6.45) is 13.0. The minimum Gasteiger partial charge on any atom is -0.481 e. The van der Waals surface area contributed by atoms with Crippen molar-refractivity contribution >= 4 is 5.97 Å². The van der Waals surface area contributed by atoms with E-state index in [2.05, 4.69) is 6.92 Å². The first-order valence-electron chi connectivity index (χ1n) is 9.16. The number of unbranched alkanes of at least 4 members (excludes halogenated alkanes) is 4. The zero-order valence-corrected chi connectivity index (χ0v) is 14.0. The molecule has 0 amide bonds. The summed E-state index contributed by atoms with van der Waals surface area (Å²) >= 11 is 0. The normalized spacial score (nSPS) is 32.8. The van der Waals surface area contributed by atoms with Crippen LogP contribution in [0.15, 0.2) is 0 Å². The predicted octanol–water partition coefficient (Wildman–Crippen LogP) is 4.23. The number of carbonyl (C=O) groups is 1. The number of aliphatic carboxylic acids is 1. The molecule has 2 aliphatic rings. The lowest BCUT2D eigenvalue weighted by Crippen LogP contribution is -2.41. The van der Waals surface area contributed by atoms with Gasteiger partial charge < -0.3 is 14.6 Å². The molecule has 0 aromatic carbocycles. The van der Waals surface area contributed by atoms with Crippen molar-refractivity contribution in [3.63, 3.8) is 0 Å². The number of rotatable bonds is 8. The molecular formula is C18H32O4. The number of carboxylic acids is 1. The Morgan fingerprint density at radius 3 is 2.23 bits per heavy atom. The van der Waals surface area contributed by atoms with Gasteiger partial charge in [-0.1, -0.05) is 45.4 Å². The maximum atomic E-state index is 10.9. The fraction of sp³-hybridized carbons (Fsp3) is 0.944. The minimum absolute atomic E-state index is 0.166. The highest BCUT2D eigenvalue weighted by atomic mass is 16.7. The average molecular weight is 312 g/mol. The zero-order valence-electron chi connectivity index (χ0n) is 14.0. The number of hydrogen-bond donors (Lipinski definition) is 1. The van der Waals surface area contributed by atoms with Crippen LogP contribution >= 0.6 is 0 Å². The van der Waals surface area contributed by atoms with Gasteiger partial charge in [-0.05, 0) is 31.6 Å². The summed E-state index contributed by atoms with van der Waals surface area (Å²) in [5.41, 5.74) is 0. The molecule has 1 N–H and O–H groups in total. The van der Waals surface area contributed by atoms with E-state index < -0.39 is 11.9 Å². The Labute approximate surface area is 134 Å². The summed E-state index contributed by atoms with van der Waals surface area (Å²) in [5, 5.41) is 8.95. The van der Waals surface area contributed by atoms with Gasteiger partial charge in [-0.25, -0.2) is 0 Å². The minimum atomic E-state index is -0.815. The fourth-order valence-electron chi connectivity index (χ4n) is 3.72. The second-order valence-electron chi connectivity index (χ2n) is 7.05. The molecule has 1 heterocycles. The highest BCUT2D eigenvalue weighted by Crippen LogP contribution is 2.36. The van der Waals surface area contributed by atoms with Crippen molar-refractivity contribution in [1.29, 1.82) is 0 Å². The Bertz CT molecular complexity index is 315. The smallest absolute Gasteiger partial charge is 0.311 e. The second kappa shape index (κ2) is 9.51. The first-order valence-corrected chi connectivity index (χ1v) is 9.16. The molecule has 4 nitrogen and oxygen atoms in total. The summed E-state index contributed by atoms with van der Waals surface area (Å²) in [4.78, 5) is 10.9. The molecule has 0 aromatic heterocycles. The van der Waals surface area contributed by atoms with Crippen LogP contribution in [0.3, 0.4) is 0 Å². The Balaban J connectivity index is 1.58. The van der Waals surface area contributed by atoms with Gasteiger partial charge in [0.05, 0.1) is 13.2 Å². The Morgan fingerprint density at radius 1 is 1.00 bits per heavy atom. The van der Waals surface area contributed by atoms with Crippen molar-refractivity contribution < 1.29 is 19.4 Å². The lowest BCUT2D eigenvalue weighted by atomic mass is 9.79. The molecule has 2 rings (SSSR count). The highest BCUT2D eigenvalue weighted by Gasteiger charge is 2.34. The molecule has 4 heteroatoms. The van der Waals surface area contributed by atoms with E-state index in [0.29, 0.717) is 19.1 Å². The summed E-state index contributed by atoms with van der Waals surface area (Å²) in [5.74, 6) is 0.0419. The lowest BCUT2D eigenvalue weighted by Gasteiger charge is -2.36. The van der Waals surface area contributed by atoms with E-state index in [1.807, 2.05) is 0 Å². The van der Waals surface area contributed by atoms with Crippen LogP contribution in [-0.2, 0) is 14.3 Å². The van der Waals surface area contributed by atoms with Crippen LogP contribution in [0.1, 0.15) is 71.1 Å². The molecule has 1 aliphatic heterocycles. The van der Waals surface area contributed by atoms with Crippen molar-refractivity contribution in [1.82, 2.24) is 0 Å². The third kappa shape index (κ3) is 5.54. The SMILES string of the molecule is CCCCCCCC1CCC(C2OCC(C(=O)O)CO2)CC1. The maximum Gasteiger partial charge on any atom is 0.311 e. The molecule has 2 fully saturated rings. The molecule has 0 spiro atoms. The molecule has 0 radical (unpaired) electrons. The van der Waals surface area contributed by atoms with Crippen molar-refractivity contribution in [3.8, 4) is 0 Å². The van der Waals surface area contributed by atoms with Crippen LogP contribution in [0, 0.1) is 17.8 Å². The maximum absolute atomic E-state index is 10.9. The molecule has 0 bridgehead atoms. The molecule has 1 saturated carbocycles. The lowest BCUT2D eigenvalue weighted by molar-refractivity contribution is -0.231. The van der Waals surface area contributed by atoms with Gasteiger partial charge in [0.2, 0.25) is 0 Å². The van der Waals surface area contributed by atoms with Crippen LogP contribution < -0.4 is 0 Å². The Morgan fingerprint density at radius 2 is 1.64 bits per heavy atom. The standard InChI is InChI=1S/C18H32O4/c1-2-3-4-5-6-7-14-8-10-15(11-9-14)18-21-12-16(13-22-18)17(19)20/h14-16,18H,2-13H2,1H3,(H,19,20). The number of carboxylic acid groups (broad SMARTS) is 1. The van der Waals surface area contributed by atoms with Crippen molar-refractivity contribution in [2.45, 2.75) is 77.4 Å². The van der Waals surface area contributed by atoms with E-state index in [1.165, 1.54) is 64.2 Å². The van der Waals surface area contributed by atoms with Crippen LogP contribution in [0.5, 0.6) is 0 Å². The highest BCUT2D eigenvalue weighted by molar-refractivity contribution is 5.70. The molecule has 22 heavy (non-hydrogen) atoms. The number of ether oxygens (including phenoxy) is 2. The third-order valence-electron chi connectivity index (χ3n) is 5.26. The molecule has 0 atom stereocenters. The van der Waals surface area contributed by atoms with Crippen molar-refractivity contribution in [3.05, 3.63) is 0 Å².